The number of carbonyl (C=O) groups excluding carboxylic acids is 2. The monoisotopic (exact) mass is 487 g/mol. The van der Waals surface area contributed by atoms with E-state index in [0.29, 0.717) is 10.0 Å². The van der Waals surface area contributed by atoms with E-state index in [1.165, 1.54) is 16.2 Å². The van der Waals surface area contributed by atoms with Gasteiger partial charge in [-0.05, 0) is 60.8 Å². The van der Waals surface area contributed by atoms with Gasteiger partial charge in [-0.25, -0.2) is 4.98 Å². The summed E-state index contributed by atoms with van der Waals surface area (Å²) in [5.74, 6) is 0.0391. The molecule has 8 heteroatoms. The van der Waals surface area contributed by atoms with Crippen molar-refractivity contribution in [1.82, 2.24) is 9.88 Å². The van der Waals surface area contributed by atoms with Gasteiger partial charge in [0.1, 0.15) is 0 Å². The fraction of sp³-hybridized carbons (Fsp3) is 0.640. The highest BCUT2D eigenvalue weighted by molar-refractivity contribution is 7.16. The Labute approximate surface area is 203 Å². The van der Waals surface area contributed by atoms with Crippen LogP contribution in [0.3, 0.4) is 0 Å². The number of thiazole rings is 1. The number of aliphatic hydroxyl groups excluding tert-OH is 1. The summed E-state index contributed by atoms with van der Waals surface area (Å²) in [4.78, 5) is 34.3. The quantitative estimate of drug-likeness (QED) is 0.651. The molecule has 1 saturated heterocycles. The zero-order valence-corrected chi connectivity index (χ0v) is 21.2. The number of likely N-dealkylation sites (tertiary alicyclic amines) is 1. The zero-order valence-electron chi connectivity index (χ0n) is 19.5. The molecule has 2 N–H and O–H groups in total. The van der Waals surface area contributed by atoms with Crippen LogP contribution in [0, 0.1) is 23.2 Å². The second-order valence-electron chi connectivity index (χ2n) is 10.4. The molecule has 1 aliphatic heterocycles. The maximum atomic E-state index is 13.1. The molecule has 2 fully saturated rings. The molecule has 178 valence electrons. The van der Waals surface area contributed by atoms with E-state index in [-0.39, 0.29) is 40.9 Å². The number of aromatic nitrogens is 1. The third-order valence-corrected chi connectivity index (χ3v) is 10.2. The average Bonchev–Trinajstić information content (AvgIpc) is 3.54. The first-order valence-corrected chi connectivity index (χ1v) is 13.8. The normalized spacial score (nSPS) is 32.2. The van der Waals surface area contributed by atoms with Crippen LogP contribution in [0.5, 0.6) is 0 Å². The van der Waals surface area contributed by atoms with E-state index < -0.39 is 6.10 Å². The second-order valence-corrected chi connectivity index (χ2v) is 12.4. The molecule has 6 nitrogen and oxygen atoms in total. The van der Waals surface area contributed by atoms with Gasteiger partial charge in [-0.15, -0.1) is 22.7 Å². The van der Waals surface area contributed by atoms with Gasteiger partial charge in [0, 0.05) is 29.8 Å². The molecule has 0 unspecified atom stereocenters. The topological polar surface area (TPSA) is 82.5 Å². The van der Waals surface area contributed by atoms with Crippen molar-refractivity contribution in [1.29, 1.82) is 0 Å². The number of nitrogens with one attached hydrogen (secondary N) is 1. The Kier molecular flexibility index (Phi) is 6.12. The Bertz CT molecular complexity index is 1030. The van der Waals surface area contributed by atoms with Gasteiger partial charge in [0.15, 0.2) is 5.13 Å². The molecule has 3 heterocycles. The maximum Gasteiger partial charge on any atom is 0.267 e. The summed E-state index contributed by atoms with van der Waals surface area (Å²) in [6.07, 6.45) is 4.37. The van der Waals surface area contributed by atoms with Gasteiger partial charge in [-0.1, -0.05) is 26.8 Å². The summed E-state index contributed by atoms with van der Waals surface area (Å²) in [5, 5.41) is 17.1. The van der Waals surface area contributed by atoms with Crippen molar-refractivity contribution in [3.8, 4) is 0 Å². The summed E-state index contributed by atoms with van der Waals surface area (Å²) in [5.41, 5.74) is 0.975. The fourth-order valence-electron chi connectivity index (χ4n) is 6.58. The molecule has 33 heavy (non-hydrogen) atoms. The summed E-state index contributed by atoms with van der Waals surface area (Å²) >= 11 is 2.98. The molecular weight excluding hydrogens is 454 g/mol. The molecule has 2 aliphatic carbocycles. The summed E-state index contributed by atoms with van der Waals surface area (Å²) in [6.45, 7) is 8.16. The average molecular weight is 488 g/mol. The van der Waals surface area contributed by atoms with Crippen LogP contribution in [-0.4, -0.2) is 46.0 Å². The first-order valence-electron chi connectivity index (χ1n) is 12.1. The van der Waals surface area contributed by atoms with Crippen LogP contribution < -0.4 is 5.32 Å². The molecule has 2 aromatic heterocycles. The van der Waals surface area contributed by atoms with Crippen molar-refractivity contribution in [2.24, 2.45) is 23.2 Å². The molecule has 0 bridgehead atoms. The molecule has 3 aliphatic rings. The first-order chi connectivity index (χ1) is 15.8. The molecule has 2 aromatic rings. The summed E-state index contributed by atoms with van der Waals surface area (Å²) in [6, 6.07) is 3.68. The van der Waals surface area contributed by atoms with Crippen LogP contribution in [0.25, 0.3) is 0 Å². The van der Waals surface area contributed by atoms with E-state index in [0.717, 1.165) is 50.9 Å². The smallest absolute Gasteiger partial charge is 0.267 e. The molecule has 0 spiro atoms. The van der Waals surface area contributed by atoms with Crippen LogP contribution in [0.15, 0.2) is 17.5 Å². The number of hydrogen-bond acceptors (Lipinski definition) is 6. The highest BCUT2D eigenvalue weighted by Crippen LogP contribution is 2.57. The molecule has 6 atom stereocenters. The van der Waals surface area contributed by atoms with E-state index in [9.17, 15) is 14.7 Å². The third-order valence-electron chi connectivity index (χ3n) is 8.34. The minimum Gasteiger partial charge on any atom is -0.392 e. The Hall–Kier alpha value is -1.77. The van der Waals surface area contributed by atoms with Crippen molar-refractivity contribution in [2.45, 2.75) is 64.9 Å². The molecule has 5 rings (SSSR count). The largest absolute Gasteiger partial charge is 0.392 e. The fourth-order valence-corrected chi connectivity index (χ4v) is 8.45. The summed E-state index contributed by atoms with van der Waals surface area (Å²) in [7, 11) is 0. The number of nitrogens with zero attached hydrogens (tertiary/aromatic N) is 2. The molecule has 0 aromatic carbocycles. The van der Waals surface area contributed by atoms with Crippen LogP contribution >= 0.6 is 22.7 Å². The molecular formula is C25H33N3O3S2. The van der Waals surface area contributed by atoms with Gasteiger partial charge >= 0.3 is 0 Å². The Morgan fingerprint density at radius 3 is 2.79 bits per heavy atom. The Morgan fingerprint density at radius 2 is 2.09 bits per heavy atom. The van der Waals surface area contributed by atoms with Crippen molar-refractivity contribution < 1.29 is 14.7 Å². The second kappa shape index (κ2) is 8.78. The van der Waals surface area contributed by atoms with Crippen molar-refractivity contribution in [2.75, 3.05) is 18.4 Å². The van der Waals surface area contributed by atoms with Crippen molar-refractivity contribution in [3.63, 3.8) is 0 Å². The molecule has 1 saturated carbocycles. The number of carbonyl (C=O) groups is 2. The van der Waals surface area contributed by atoms with Gasteiger partial charge in [0.25, 0.3) is 5.91 Å². The van der Waals surface area contributed by atoms with Gasteiger partial charge in [0.2, 0.25) is 5.91 Å². The van der Waals surface area contributed by atoms with Crippen LogP contribution in [0.1, 0.15) is 72.6 Å². The van der Waals surface area contributed by atoms with Crippen molar-refractivity contribution >= 4 is 39.6 Å². The Morgan fingerprint density at radius 1 is 1.33 bits per heavy atom. The van der Waals surface area contributed by atoms with E-state index >= 15 is 0 Å². The molecule has 0 radical (unpaired) electrons. The SMILES string of the molecule is C[C@H](C(=O)N1CCCC1)[C@H]1CC[C@@]2(C)Cc3sc(NC(=O)c4cccs4)nc3[C@@H](C)[C@@H]2[C@H]1O. The van der Waals surface area contributed by atoms with Crippen LogP contribution in [-0.2, 0) is 11.2 Å². The van der Waals surface area contributed by atoms with Gasteiger partial charge < -0.3 is 10.0 Å². The number of fused-ring (bicyclic) bond motifs is 2. The summed E-state index contributed by atoms with van der Waals surface area (Å²) < 4.78 is 0. The highest BCUT2D eigenvalue weighted by Gasteiger charge is 2.54. The lowest BCUT2D eigenvalue weighted by Crippen LogP contribution is -2.53. The van der Waals surface area contributed by atoms with E-state index in [1.54, 1.807) is 11.3 Å². The third kappa shape index (κ3) is 4.04. The van der Waals surface area contributed by atoms with E-state index in [2.05, 4.69) is 19.2 Å². The van der Waals surface area contributed by atoms with E-state index in [1.807, 2.05) is 29.3 Å². The number of rotatable bonds is 4. The predicted molar refractivity (Wildman–Crippen MR) is 132 cm³/mol. The van der Waals surface area contributed by atoms with Gasteiger partial charge in [-0.2, -0.15) is 0 Å². The minimum absolute atomic E-state index is 0.0168. The number of aliphatic hydroxyl groups is 1. The van der Waals surface area contributed by atoms with E-state index in [4.69, 9.17) is 4.98 Å². The minimum atomic E-state index is -0.528. The number of anilines is 1. The predicted octanol–water partition coefficient (Wildman–Crippen LogP) is 4.77. The van der Waals surface area contributed by atoms with Gasteiger partial charge in [0.05, 0.1) is 16.7 Å². The maximum absolute atomic E-state index is 13.1. The van der Waals surface area contributed by atoms with Crippen molar-refractivity contribution in [3.05, 3.63) is 33.0 Å². The number of thiophene rings is 1. The first kappa shape index (κ1) is 23.0. The molecule has 2 amide bonds. The van der Waals surface area contributed by atoms with Gasteiger partial charge in [-0.3, -0.25) is 14.9 Å². The number of amides is 2. The Balaban J connectivity index is 1.36. The lowest BCUT2D eigenvalue weighted by molar-refractivity contribution is -0.143. The highest BCUT2D eigenvalue weighted by atomic mass is 32.1. The lowest BCUT2D eigenvalue weighted by atomic mass is 9.53. The zero-order chi connectivity index (χ0) is 23.3. The van der Waals surface area contributed by atoms with Crippen LogP contribution in [0.2, 0.25) is 0 Å². The standard InChI is InChI=1S/C25H33N3O3S2/c1-14(23(31)28-10-4-5-11-28)16-8-9-25(3)13-18-20(15(2)19(25)21(16)29)26-24(33-18)27-22(30)17-7-6-12-32-17/h6-7,12,14-16,19,21,29H,4-5,8-11,13H2,1-3H3,(H,26,27,30)/t14-,15-,16+,19+,21-,25-/m0/s1. The number of hydrogen-bond donors (Lipinski definition) is 2. The van der Waals surface area contributed by atoms with Crippen LogP contribution in [0.4, 0.5) is 5.13 Å². The lowest BCUT2D eigenvalue weighted by Gasteiger charge is -2.53.